The van der Waals surface area contributed by atoms with Crippen molar-refractivity contribution in [1.82, 2.24) is 4.90 Å². The largest absolute Gasteiger partial charge is 0.329 e. The molecule has 0 amide bonds. The zero-order valence-electron chi connectivity index (χ0n) is 11.0. The van der Waals surface area contributed by atoms with E-state index in [1.807, 2.05) is 0 Å². The van der Waals surface area contributed by atoms with Crippen molar-refractivity contribution < 1.29 is 0 Å². The molecule has 0 fully saturated rings. The Morgan fingerprint density at radius 1 is 1.12 bits per heavy atom. The molecule has 1 atom stereocenters. The molecule has 0 aliphatic carbocycles. The number of hydrogen-bond donors (Lipinski definition) is 1. The van der Waals surface area contributed by atoms with Crippen molar-refractivity contribution in [3.05, 3.63) is 34.9 Å². The van der Waals surface area contributed by atoms with Crippen molar-refractivity contribution >= 4 is 0 Å². The molecule has 0 bridgehead atoms. The number of aryl methyl sites for hydroxylation is 2. The Hall–Kier alpha value is -0.860. The first-order valence-corrected chi connectivity index (χ1v) is 6.15. The lowest BCUT2D eigenvalue weighted by molar-refractivity contribution is 0.224. The van der Waals surface area contributed by atoms with Crippen LogP contribution < -0.4 is 5.73 Å². The van der Waals surface area contributed by atoms with Crippen LogP contribution in [0, 0.1) is 13.8 Å². The molecule has 1 rings (SSSR count). The summed E-state index contributed by atoms with van der Waals surface area (Å²) in [6.45, 7) is 11.5. The van der Waals surface area contributed by atoms with E-state index in [4.69, 9.17) is 5.73 Å². The summed E-state index contributed by atoms with van der Waals surface area (Å²) in [5.74, 6) is 0. The van der Waals surface area contributed by atoms with Crippen LogP contribution in [0.5, 0.6) is 0 Å². The fraction of sp³-hybridized carbons (Fsp3) is 0.571. The van der Waals surface area contributed by atoms with E-state index in [1.54, 1.807) is 0 Å². The number of benzene rings is 1. The molecule has 0 heterocycles. The maximum Gasteiger partial charge on any atom is 0.0470 e. The topological polar surface area (TPSA) is 29.3 Å². The fourth-order valence-electron chi connectivity index (χ4n) is 2.13. The molecule has 0 spiro atoms. The van der Waals surface area contributed by atoms with Gasteiger partial charge in [0, 0.05) is 12.6 Å². The van der Waals surface area contributed by atoms with Gasteiger partial charge in [0.25, 0.3) is 0 Å². The fourth-order valence-corrected chi connectivity index (χ4v) is 2.13. The lowest BCUT2D eigenvalue weighted by atomic mass is 10.00. The summed E-state index contributed by atoms with van der Waals surface area (Å²) in [4.78, 5) is 2.41. The van der Waals surface area contributed by atoms with Gasteiger partial charge in [0.2, 0.25) is 0 Å². The summed E-state index contributed by atoms with van der Waals surface area (Å²) in [5.41, 5.74) is 9.94. The zero-order valence-corrected chi connectivity index (χ0v) is 11.0. The minimum Gasteiger partial charge on any atom is -0.329 e. The maximum absolute atomic E-state index is 5.90. The van der Waals surface area contributed by atoms with Crippen molar-refractivity contribution in [2.75, 3.05) is 19.6 Å². The second-order valence-corrected chi connectivity index (χ2v) is 4.32. The molecule has 0 aliphatic rings. The number of hydrogen-bond acceptors (Lipinski definition) is 2. The quantitative estimate of drug-likeness (QED) is 0.826. The van der Waals surface area contributed by atoms with Gasteiger partial charge < -0.3 is 5.73 Å². The number of nitrogens with two attached hydrogens (primary N) is 1. The standard InChI is InChI=1S/C14H24N2/c1-5-16(6-2)14(10-15)13-8-7-11(3)12(4)9-13/h7-9,14H,5-6,10,15H2,1-4H3/t14-/m0/s1. The Labute approximate surface area is 99.5 Å². The summed E-state index contributed by atoms with van der Waals surface area (Å²) in [6.07, 6.45) is 0. The highest BCUT2D eigenvalue weighted by atomic mass is 15.2. The van der Waals surface area contributed by atoms with Gasteiger partial charge in [-0.2, -0.15) is 0 Å². The van der Waals surface area contributed by atoms with Crippen LogP contribution in [0.4, 0.5) is 0 Å². The number of likely N-dealkylation sites (N-methyl/N-ethyl adjacent to an activating group) is 1. The predicted octanol–water partition coefficient (Wildman–Crippen LogP) is 2.65. The average molecular weight is 220 g/mol. The molecule has 16 heavy (non-hydrogen) atoms. The van der Waals surface area contributed by atoms with Crippen molar-refractivity contribution in [2.45, 2.75) is 33.7 Å². The predicted molar refractivity (Wildman–Crippen MR) is 70.6 cm³/mol. The van der Waals surface area contributed by atoms with E-state index in [0.717, 1.165) is 13.1 Å². The zero-order chi connectivity index (χ0) is 12.1. The first-order chi connectivity index (χ1) is 7.63. The Morgan fingerprint density at radius 2 is 1.75 bits per heavy atom. The van der Waals surface area contributed by atoms with Crippen LogP contribution in [0.15, 0.2) is 18.2 Å². The molecule has 0 radical (unpaired) electrons. The highest BCUT2D eigenvalue weighted by Crippen LogP contribution is 2.21. The van der Waals surface area contributed by atoms with Gasteiger partial charge in [0.15, 0.2) is 0 Å². The SMILES string of the molecule is CCN(CC)[C@@H](CN)c1ccc(C)c(C)c1. The Bertz CT molecular complexity index is 330. The van der Waals surface area contributed by atoms with Gasteiger partial charge in [-0.1, -0.05) is 32.0 Å². The molecule has 2 heteroatoms. The Morgan fingerprint density at radius 3 is 2.19 bits per heavy atom. The summed E-state index contributed by atoms with van der Waals surface area (Å²) in [6, 6.07) is 7.02. The highest BCUT2D eigenvalue weighted by molar-refractivity contribution is 5.31. The van der Waals surface area contributed by atoms with Crippen LogP contribution in [0.25, 0.3) is 0 Å². The molecule has 90 valence electrons. The van der Waals surface area contributed by atoms with Gasteiger partial charge in [-0.3, -0.25) is 4.90 Å². The molecule has 0 unspecified atom stereocenters. The Balaban J connectivity index is 2.98. The summed E-state index contributed by atoms with van der Waals surface area (Å²) in [7, 11) is 0. The van der Waals surface area contributed by atoms with Gasteiger partial charge in [0.05, 0.1) is 0 Å². The van der Waals surface area contributed by atoms with E-state index in [9.17, 15) is 0 Å². The van der Waals surface area contributed by atoms with E-state index >= 15 is 0 Å². The van der Waals surface area contributed by atoms with Crippen LogP contribution in [0.2, 0.25) is 0 Å². The van der Waals surface area contributed by atoms with Crippen LogP contribution in [0.3, 0.4) is 0 Å². The second kappa shape index (κ2) is 6.02. The minimum absolute atomic E-state index is 0.356. The normalized spacial score (nSPS) is 13.1. The van der Waals surface area contributed by atoms with E-state index < -0.39 is 0 Å². The lowest BCUT2D eigenvalue weighted by Gasteiger charge is -2.29. The van der Waals surface area contributed by atoms with Crippen LogP contribution in [0.1, 0.15) is 36.6 Å². The van der Waals surface area contributed by atoms with E-state index in [-0.39, 0.29) is 0 Å². The third kappa shape index (κ3) is 2.83. The molecule has 2 nitrogen and oxygen atoms in total. The monoisotopic (exact) mass is 220 g/mol. The summed E-state index contributed by atoms with van der Waals surface area (Å²) < 4.78 is 0. The molecule has 1 aromatic rings. The van der Waals surface area contributed by atoms with E-state index in [1.165, 1.54) is 16.7 Å². The van der Waals surface area contributed by atoms with Crippen molar-refractivity contribution in [2.24, 2.45) is 5.73 Å². The number of nitrogens with zero attached hydrogens (tertiary/aromatic N) is 1. The average Bonchev–Trinajstić information content (AvgIpc) is 2.29. The Kier molecular flexibility index (Phi) is 4.97. The van der Waals surface area contributed by atoms with Gasteiger partial charge in [-0.15, -0.1) is 0 Å². The summed E-state index contributed by atoms with van der Waals surface area (Å²) in [5, 5.41) is 0. The smallest absolute Gasteiger partial charge is 0.0470 e. The molecular weight excluding hydrogens is 196 g/mol. The molecule has 0 saturated heterocycles. The number of rotatable bonds is 5. The maximum atomic E-state index is 5.90. The molecule has 1 aromatic carbocycles. The van der Waals surface area contributed by atoms with Crippen molar-refractivity contribution in [3.63, 3.8) is 0 Å². The third-order valence-electron chi connectivity index (χ3n) is 3.39. The molecule has 2 N–H and O–H groups in total. The van der Waals surface area contributed by atoms with E-state index in [0.29, 0.717) is 12.6 Å². The minimum atomic E-state index is 0.356. The van der Waals surface area contributed by atoms with Gasteiger partial charge >= 0.3 is 0 Å². The third-order valence-corrected chi connectivity index (χ3v) is 3.39. The first-order valence-electron chi connectivity index (χ1n) is 6.15. The molecular formula is C14H24N2. The van der Waals surface area contributed by atoms with Crippen LogP contribution in [-0.2, 0) is 0 Å². The lowest BCUT2D eigenvalue weighted by Crippen LogP contribution is -2.33. The molecule has 0 aromatic heterocycles. The van der Waals surface area contributed by atoms with E-state index in [2.05, 4.69) is 50.8 Å². The molecule has 0 saturated carbocycles. The summed E-state index contributed by atoms with van der Waals surface area (Å²) >= 11 is 0. The van der Waals surface area contributed by atoms with Crippen LogP contribution in [-0.4, -0.2) is 24.5 Å². The highest BCUT2D eigenvalue weighted by Gasteiger charge is 2.16. The van der Waals surface area contributed by atoms with Gasteiger partial charge in [-0.05, 0) is 43.6 Å². The second-order valence-electron chi connectivity index (χ2n) is 4.32. The molecule has 0 aliphatic heterocycles. The van der Waals surface area contributed by atoms with Crippen molar-refractivity contribution in [3.8, 4) is 0 Å². The van der Waals surface area contributed by atoms with Gasteiger partial charge in [0.1, 0.15) is 0 Å². The van der Waals surface area contributed by atoms with Crippen LogP contribution >= 0.6 is 0 Å². The van der Waals surface area contributed by atoms with Crippen molar-refractivity contribution in [1.29, 1.82) is 0 Å². The van der Waals surface area contributed by atoms with Gasteiger partial charge in [-0.25, -0.2) is 0 Å². The first kappa shape index (κ1) is 13.2.